The number of rotatable bonds is 1. The van der Waals surface area contributed by atoms with Crippen molar-refractivity contribution in [2.75, 3.05) is 0 Å². The van der Waals surface area contributed by atoms with Crippen molar-refractivity contribution < 1.29 is 31.3 Å². The van der Waals surface area contributed by atoms with Crippen LogP contribution in [0, 0.1) is 10.1 Å². The first-order valence-corrected chi connectivity index (χ1v) is 4.46. The van der Waals surface area contributed by atoms with E-state index in [0.717, 1.165) is 0 Å². The van der Waals surface area contributed by atoms with Crippen LogP contribution < -0.4 is 0 Å². The molecule has 0 aliphatic heterocycles. The molecule has 1 aromatic rings. The van der Waals surface area contributed by atoms with Crippen molar-refractivity contribution in [1.82, 2.24) is 0 Å². The predicted octanol–water partition coefficient (Wildman–Crippen LogP) is 3.43. The summed E-state index contributed by atoms with van der Waals surface area (Å²) in [5.74, 6) is -15.8. The Morgan fingerprint density at radius 1 is 0.944 bits per heavy atom. The van der Waals surface area contributed by atoms with Gasteiger partial charge >= 0.3 is 17.8 Å². The minimum absolute atomic E-state index is 0.0458. The molecule has 0 N–H and O–H groups in total. The normalized spacial score (nSPS) is 22.6. The Hall–Kier alpha value is -1.80. The Kier molecular flexibility index (Phi) is 2.21. The number of benzene rings is 1. The molecule has 1 aromatic carbocycles. The zero-order valence-electron chi connectivity index (χ0n) is 8.26. The van der Waals surface area contributed by atoms with Gasteiger partial charge in [0.25, 0.3) is 5.69 Å². The van der Waals surface area contributed by atoms with Gasteiger partial charge in [-0.2, -0.15) is 26.3 Å². The summed E-state index contributed by atoms with van der Waals surface area (Å²) in [5.41, 5.74) is -4.27. The van der Waals surface area contributed by atoms with Crippen LogP contribution in [0.15, 0.2) is 18.2 Å². The highest BCUT2D eigenvalue weighted by Crippen LogP contribution is 2.63. The predicted molar refractivity (Wildman–Crippen MR) is 45.8 cm³/mol. The third kappa shape index (κ3) is 1.21. The van der Waals surface area contributed by atoms with Crippen molar-refractivity contribution in [3.8, 4) is 0 Å². The number of hydrogen-bond acceptors (Lipinski definition) is 2. The minimum atomic E-state index is -5.61. The SMILES string of the molecule is O=[N+]([O-])c1ccc2c(c1)C(F)(F)C(F)(F)C2(F)F. The van der Waals surface area contributed by atoms with E-state index in [0.29, 0.717) is 6.07 Å². The molecule has 0 saturated heterocycles. The highest BCUT2D eigenvalue weighted by molar-refractivity contribution is 5.50. The van der Waals surface area contributed by atoms with Crippen molar-refractivity contribution in [3.05, 3.63) is 39.4 Å². The molecule has 9 heteroatoms. The zero-order chi connectivity index (χ0) is 13.9. The van der Waals surface area contributed by atoms with Gasteiger partial charge in [-0.15, -0.1) is 0 Å². The molecular formula is C9H3F6NO2. The van der Waals surface area contributed by atoms with Gasteiger partial charge in [0.2, 0.25) is 0 Å². The van der Waals surface area contributed by atoms with E-state index in [1.54, 1.807) is 0 Å². The van der Waals surface area contributed by atoms with Gasteiger partial charge in [0.1, 0.15) is 0 Å². The third-order valence-corrected chi connectivity index (χ3v) is 2.68. The van der Waals surface area contributed by atoms with Gasteiger partial charge in [0.05, 0.1) is 4.92 Å². The van der Waals surface area contributed by atoms with Gasteiger partial charge in [-0.1, -0.05) is 0 Å². The molecular weight excluding hydrogens is 268 g/mol. The molecule has 1 aliphatic carbocycles. The van der Waals surface area contributed by atoms with Gasteiger partial charge in [0.15, 0.2) is 0 Å². The van der Waals surface area contributed by atoms with E-state index in [1.165, 1.54) is 0 Å². The maximum Gasteiger partial charge on any atom is 0.380 e. The van der Waals surface area contributed by atoms with E-state index in [4.69, 9.17) is 0 Å². The van der Waals surface area contributed by atoms with Gasteiger partial charge in [-0.3, -0.25) is 10.1 Å². The molecule has 3 nitrogen and oxygen atoms in total. The first kappa shape index (κ1) is 12.7. The van der Waals surface area contributed by atoms with Crippen LogP contribution in [-0.2, 0) is 11.8 Å². The molecule has 0 saturated carbocycles. The maximum absolute atomic E-state index is 13.2. The first-order chi connectivity index (χ1) is 8.03. The Bertz CT molecular complexity index is 542. The Balaban J connectivity index is 2.75. The molecule has 1 aliphatic rings. The van der Waals surface area contributed by atoms with Crippen LogP contribution in [0.4, 0.5) is 32.0 Å². The van der Waals surface area contributed by atoms with Crippen LogP contribution in [0.2, 0.25) is 0 Å². The highest BCUT2D eigenvalue weighted by atomic mass is 19.3. The maximum atomic E-state index is 13.2. The van der Waals surface area contributed by atoms with E-state index in [9.17, 15) is 36.5 Å². The monoisotopic (exact) mass is 271 g/mol. The second-order valence-electron chi connectivity index (χ2n) is 3.71. The summed E-state index contributed by atoms with van der Waals surface area (Å²) in [6, 6.07) is 0.747. The highest BCUT2D eigenvalue weighted by Gasteiger charge is 2.79. The topological polar surface area (TPSA) is 43.1 Å². The van der Waals surface area contributed by atoms with Crippen molar-refractivity contribution in [2.24, 2.45) is 0 Å². The van der Waals surface area contributed by atoms with Crippen molar-refractivity contribution in [3.63, 3.8) is 0 Å². The van der Waals surface area contributed by atoms with E-state index in [2.05, 4.69) is 0 Å². The fourth-order valence-electron chi connectivity index (χ4n) is 1.71. The minimum Gasteiger partial charge on any atom is -0.258 e. The molecule has 0 fully saturated rings. The lowest BCUT2D eigenvalue weighted by molar-refractivity contribution is -0.385. The second-order valence-corrected chi connectivity index (χ2v) is 3.71. The van der Waals surface area contributed by atoms with Crippen LogP contribution in [0.25, 0.3) is 0 Å². The van der Waals surface area contributed by atoms with Gasteiger partial charge < -0.3 is 0 Å². The molecule has 0 spiro atoms. The number of fused-ring (bicyclic) bond motifs is 1. The summed E-state index contributed by atoms with van der Waals surface area (Å²) in [4.78, 5) is 9.19. The second kappa shape index (κ2) is 3.15. The third-order valence-electron chi connectivity index (χ3n) is 2.68. The zero-order valence-corrected chi connectivity index (χ0v) is 8.26. The molecule has 0 amide bonds. The smallest absolute Gasteiger partial charge is 0.258 e. The number of non-ortho nitro benzene ring substituents is 1. The molecule has 0 bridgehead atoms. The van der Waals surface area contributed by atoms with Crippen LogP contribution in [0.5, 0.6) is 0 Å². The summed E-state index contributed by atoms with van der Waals surface area (Å²) >= 11 is 0. The lowest BCUT2D eigenvalue weighted by Gasteiger charge is -2.23. The Morgan fingerprint density at radius 3 is 1.94 bits per heavy atom. The van der Waals surface area contributed by atoms with E-state index < -0.39 is 39.5 Å². The largest absolute Gasteiger partial charge is 0.380 e. The quantitative estimate of drug-likeness (QED) is 0.446. The summed E-state index contributed by atoms with van der Waals surface area (Å²) < 4.78 is 78.6. The van der Waals surface area contributed by atoms with Gasteiger partial charge in [-0.05, 0) is 6.07 Å². The van der Waals surface area contributed by atoms with Gasteiger partial charge in [-0.25, -0.2) is 0 Å². The first-order valence-electron chi connectivity index (χ1n) is 4.46. The molecule has 98 valence electrons. The number of nitrogens with zero attached hydrogens (tertiary/aromatic N) is 1. The number of hydrogen-bond donors (Lipinski definition) is 0. The van der Waals surface area contributed by atoms with Crippen LogP contribution >= 0.6 is 0 Å². The van der Waals surface area contributed by atoms with E-state index in [-0.39, 0.29) is 12.1 Å². The number of nitro benzene ring substituents is 1. The molecule has 0 aromatic heterocycles. The number of nitro groups is 1. The van der Waals surface area contributed by atoms with Crippen molar-refractivity contribution >= 4 is 5.69 Å². The average molecular weight is 271 g/mol. The molecule has 0 atom stereocenters. The van der Waals surface area contributed by atoms with Crippen LogP contribution in [0.3, 0.4) is 0 Å². The van der Waals surface area contributed by atoms with Crippen LogP contribution in [0.1, 0.15) is 11.1 Å². The van der Waals surface area contributed by atoms with Crippen molar-refractivity contribution in [2.45, 2.75) is 17.8 Å². The van der Waals surface area contributed by atoms with E-state index >= 15 is 0 Å². The Labute approximate surface area is 95.2 Å². The summed E-state index contributed by atoms with van der Waals surface area (Å²) in [6.07, 6.45) is 0. The summed E-state index contributed by atoms with van der Waals surface area (Å²) in [6.45, 7) is 0. The summed E-state index contributed by atoms with van der Waals surface area (Å²) in [5, 5.41) is 10.3. The number of alkyl halides is 6. The Morgan fingerprint density at radius 2 is 1.44 bits per heavy atom. The lowest BCUT2D eigenvalue weighted by atomic mass is 10.1. The van der Waals surface area contributed by atoms with Crippen LogP contribution in [-0.4, -0.2) is 10.8 Å². The number of halogens is 6. The molecule has 18 heavy (non-hydrogen) atoms. The van der Waals surface area contributed by atoms with Crippen molar-refractivity contribution in [1.29, 1.82) is 0 Å². The van der Waals surface area contributed by atoms with E-state index in [1.807, 2.05) is 0 Å². The fourth-order valence-corrected chi connectivity index (χ4v) is 1.71. The van der Waals surface area contributed by atoms with Gasteiger partial charge in [0, 0.05) is 23.3 Å². The molecule has 0 radical (unpaired) electrons. The lowest BCUT2D eigenvalue weighted by Crippen LogP contribution is -2.43. The average Bonchev–Trinajstić information content (AvgIpc) is 2.36. The summed E-state index contributed by atoms with van der Waals surface area (Å²) in [7, 11) is 0. The fraction of sp³-hybridized carbons (Fsp3) is 0.333. The standard InChI is InChI=1S/C9H3F6NO2/c10-7(11)5-2-1-4(16(17)18)3-6(5)8(12,13)9(7,14)15/h1-3H. The molecule has 0 heterocycles. The molecule has 0 unspecified atom stereocenters. The molecule has 2 rings (SSSR count).